The molecule has 1 aromatic carbocycles. The van der Waals surface area contributed by atoms with Crippen molar-refractivity contribution in [2.45, 2.75) is 64.5 Å². The number of methoxy groups -OCH3 is 1. The van der Waals surface area contributed by atoms with Gasteiger partial charge in [-0.1, -0.05) is 45.1 Å². The molecule has 7 nitrogen and oxygen atoms in total. The SMILES string of the molecule is CCCCC1CCC(C2C(C(=O)NCc3ccc(O)c(OC)c3)CN2C(=O)O)CC1. The summed E-state index contributed by atoms with van der Waals surface area (Å²) in [5.41, 5.74) is 0.820. The predicted octanol–water partition coefficient (Wildman–Crippen LogP) is 3.99. The second-order valence-corrected chi connectivity index (χ2v) is 8.68. The van der Waals surface area contributed by atoms with E-state index in [4.69, 9.17) is 4.74 Å². The molecule has 2 atom stereocenters. The van der Waals surface area contributed by atoms with Gasteiger partial charge in [-0.3, -0.25) is 4.79 Å². The van der Waals surface area contributed by atoms with Gasteiger partial charge in [0.1, 0.15) is 0 Å². The first-order chi connectivity index (χ1) is 14.4. The Kier molecular flexibility index (Phi) is 7.45. The maximum absolute atomic E-state index is 12.8. The number of carbonyl (C=O) groups is 2. The van der Waals surface area contributed by atoms with Crippen molar-refractivity contribution in [3.05, 3.63) is 23.8 Å². The average Bonchev–Trinajstić information content (AvgIpc) is 2.71. The van der Waals surface area contributed by atoms with Crippen LogP contribution in [0.2, 0.25) is 0 Å². The lowest BCUT2D eigenvalue weighted by Crippen LogP contribution is -2.65. The van der Waals surface area contributed by atoms with Crippen LogP contribution < -0.4 is 10.1 Å². The summed E-state index contributed by atoms with van der Waals surface area (Å²) in [6.07, 6.45) is 7.07. The molecule has 2 amide bonds. The first-order valence-electron chi connectivity index (χ1n) is 11.1. The largest absolute Gasteiger partial charge is 0.504 e. The second kappa shape index (κ2) is 10.0. The molecule has 30 heavy (non-hydrogen) atoms. The minimum Gasteiger partial charge on any atom is -0.504 e. The number of aromatic hydroxyl groups is 1. The summed E-state index contributed by atoms with van der Waals surface area (Å²) in [4.78, 5) is 25.9. The van der Waals surface area contributed by atoms with Gasteiger partial charge in [0, 0.05) is 13.1 Å². The molecule has 3 rings (SSSR count). The average molecular weight is 419 g/mol. The normalized spacial score (nSPS) is 26.0. The molecule has 2 fully saturated rings. The third-order valence-corrected chi connectivity index (χ3v) is 6.80. The van der Waals surface area contributed by atoms with E-state index in [0.29, 0.717) is 12.3 Å². The number of nitrogens with one attached hydrogen (secondary N) is 1. The summed E-state index contributed by atoms with van der Waals surface area (Å²) >= 11 is 0. The molecule has 0 aromatic heterocycles. The number of benzene rings is 1. The van der Waals surface area contributed by atoms with Crippen molar-refractivity contribution in [1.29, 1.82) is 0 Å². The van der Waals surface area contributed by atoms with E-state index in [1.165, 1.54) is 37.3 Å². The standard InChI is InChI=1S/C23H34N2O5/c1-3-4-5-15-6-9-17(10-7-15)21-18(14-25(21)23(28)29)22(27)24-13-16-8-11-19(26)20(12-16)30-2/h8,11-12,15,17-18,21,26H,3-7,9-10,13-14H2,1-2H3,(H,24,27)(H,28,29). The number of rotatable bonds is 8. The Morgan fingerprint density at radius 3 is 2.60 bits per heavy atom. The van der Waals surface area contributed by atoms with E-state index in [0.717, 1.165) is 37.2 Å². The zero-order valence-electron chi connectivity index (χ0n) is 18.0. The molecule has 1 saturated carbocycles. The van der Waals surface area contributed by atoms with Crippen LogP contribution >= 0.6 is 0 Å². The molecule has 1 saturated heterocycles. The van der Waals surface area contributed by atoms with Crippen molar-refractivity contribution in [3.63, 3.8) is 0 Å². The lowest BCUT2D eigenvalue weighted by Gasteiger charge is -2.50. The van der Waals surface area contributed by atoms with E-state index in [9.17, 15) is 19.8 Å². The molecule has 166 valence electrons. The number of carboxylic acid groups (broad SMARTS) is 1. The van der Waals surface area contributed by atoms with Crippen LogP contribution in [0.15, 0.2) is 18.2 Å². The Morgan fingerprint density at radius 1 is 1.23 bits per heavy atom. The first-order valence-corrected chi connectivity index (χ1v) is 11.1. The highest BCUT2D eigenvalue weighted by molar-refractivity contribution is 5.83. The summed E-state index contributed by atoms with van der Waals surface area (Å²) in [5.74, 6) is 1.03. The molecular formula is C23H34N2O5. The number of ether oxygens (including phenoxy) is 1. The van der Waals surface area contributed by atoms with Gasteiger partial charge in [0.05, 0.1) is 19.1 Å². The van der Waals surface area contributed by atoms with E-state index >= 15 is 0 Å². The van der Waals surface area contributed by atoms with E-state index in [-0.39, 0.29) is 36.1 Å². The number of hydrogen-bond acceptors (Lipinski definition) is 4. The van der Waals surface area contributed by atoms with Gasteiger partial charge < -0.3 is 25.2 Å². The number of amides is 2. The van der Waals surface area contributed by atoms with Crippen molar-refractivity contribution in [3.8, 4) is 11.5 Å². The summed E-state index contributed by atoms with van der Waals surface area (Å²) in [6.45, 7) is 2.79. The number of phenolic OH excluding ortho intramolecular Hbond substituents is 1. The van der Waals surface area contributed by atoms with Crippen LogP contribution in [0, 0.1) is 17.8 Å². The Bertz CT molecular complexity index is 745. The van der Waals surface area contributed by atoms with Gasteiger partial charge in [0.2, 0.25) is 5.91 Å². The van der Waals surface area contributed by atoms with Crippen LogP contribution in [-0.4, -0.2) is 46.8 Å². The number of nitrogens with zero attached hydrogens (tertiary/aromatic N) is 1. The van der Waals surface area contributed by atoms with E-state index in [1.807, 2.05) is 0 Å². The molecule has 1 aromatic rings. The van der Waals surface area contributed by atoms with Gasteiger partial charge in [-0.25, -0.2) is 4.79 Å². The molecule has 2 aliphatic rings. The quantitative estimate of drug-likeness (QED) is 0.593. The van der Waals surface area contributed by atoms with Crippen LogP contribution in [0.5, 0.6) is 11.5 Å². The Morgan fingerprint density at radius 2 is 1.97 bits per heavy atom. The van der Waals surface area contributed by atoms with Crippen LogP contribution in [0.1, 0.15) is 57.4 Å². The lowest BCUT2D eigenvalue weighted by molar-refractivity contribution is -0.136. The molecule has 1 aliphatic heterocycles. The summed E-state index contributed by atoms with van der Waals surface area (Å²) in [6, 6.07) is 4.74. The topological polar surface area (TPSA) is 99.1 Å². The fraction of sp³-hybridized carbons (Fsp3) is 0.652. The molecular weight excluding hydrogens is 384 g/mol. The van der Waals surface area contributed by atoms with E-state index in [2.05, 4.69) is 12.2 Å². The minimum absolute atomic E-state index is 0.0540. The maximum atomic E-state index is 12.8. The van der Waals surface area contributed by atoms with E-state index in [1.54, 1.807) is 12.1 Å². The van der Waals surface area contributed by atoms with Gasteiger partial charge in [-0.2, -0.15) is 0 Å². The first kappa shape index (κ1) is 22.2. The fourth-order valence-corrected chi connectivity index (χ4v) is 5.01. The summed E-state index contributed by atoms with van der Waals surface area (Å²) in [5, 5.41) is 22.2. The van der Waals surface area contributed by atoms with Crippen LogP contribution in [0.4, 0.5) is 4.79 Å². The lowest BCUT2D eigenvalue weighted by atomic mass is 9.70. The van der Waals surface area contributed by atoms with Crippen molar-refractivity contribution in [1.82, 2.24) is 10.2 Å². The highest BCUT2D eigenvalue weighted by atomic mass is 16.5. The zero-order chi connectivity index (χ0) is 21.7. The number of carbonyl (C=O) groups excluding carboxylic acids is 1. The van der Waals surface area contributed by atoms with Crippen molar-refractivity contribution in [2.24, 2.45) is 17.8 Å². The smallest absolute Gasteiger partial charge is 0.407 e. The molecule has 0 radical (unpaired) electrons. The van der Waals surface area contributed by atoms with Gasteiger partial charge in [0.25, 0.3) is 0 Å². The van der Waals surface area contributed by atoms with Gasteiger partial charge >= 0.3 is 6.09 Å². The Labute approximate surface area is 178 Å². The van der Waals surface area contributed by atoms with Crippen molar-refractivity contribution >= 4 is 12.0 Å². The van der Waals surface area contributed by atoms with Crippen LogP contribution in [0.25, 0.3) is 0 Å². The highest BCUT2D eigenvalue weighted by Crippen LogP contribution is 2.41. The van der Waals surface area contributed by atoms with Crippen LogP contribution in [-0.2, 0) is 11.3 Å². The summed E-state index contributed by atoms with van der Waals surface area (Å²) in [7, 11) is 1.48. The van der Waals surface area contributed by atoms with Crippen molar-refractivity contribution < 1.29 is 24.5 Å². The number of phenols is 1. The summed E-state index contributed by atoms with van der Waals surface area (Å²) < 4.78 is 5.11. The van der Waals surface area contributed by atoms with Gasteiger partial charge in [0.15, 0.2) is 11.5 Å². The third-order valence-electron chi connectivity index (χ3n) is 6.80. The Balaban J connectivity index is 1.57. The molecule has 1 aliphatic carbocycles. The third kappa shape index (κ3) is 4.99. The number of hydrogen-bond donors (Lipinski definition) is 3. The molecule has 1 heterocycles. The molecule has 7 heteroatoms. The number of likely N-dealkylation sites (tertiary alicyclic amines) is 1. The van der Waals surface area contributed by atoms with Crippen molar-refractivity contribution in [2.75, 3.05) is 13.7 Å². The molecule has 0 bridgehead atoms. The van der Waals surface area contributed by atoms with Gasteiger partial charge in [-0.15, -0.1) is 0 Å². The predicted molar refractivity (Wildman–Crippen MR) is 113 cm³/mol. The Hall–Kier alpha value is -2.44. The second-order valence-electron chi connectivity index (χ2n) is 8.68. The minimum atomic E-state index is -0.930. The monoisotopic (exact) mass is 418 g/mol. The van der Waals surface area contributed by atoms with E-state index < -0.39 is 6.09 Å². The maximum Gasteiger partial charge on any atom is 0.407 e. The number of unbranched alkanes of at least 4 members (excludes halogenated alkanes) is 1. The zero-order valence-corrected chi connectivity index (χ0v) is 18.0. The highest BCUT2D eigenvalue weighted by Gasteiger charge is 2.50. The molecule has 3 N–H and O–H groups in total. The van der Waals surface area contributed by atoms with Crippen LogP contribution in [0.3, 0.4) is 0 Å². The molecule has 0 spiro atoms. The van der Waals surface area contributed by atoms with Gasteiger partial charge in [-0.05, 0) is 42.4 Å². The molecule has 2 unspecified atom stereocenters. The fourth-order valence-electron chi connectivity index (χ4n) is 5.01.